The summed E-state index contributed by atoms with van der Waals surface area (Å²) in [7, 11) is 0. The summed E-state index contributed by atoms with van der Waals surface area (Å²) >= 11 is 0. The van der Waals surface area contributed by atoms with Gasteiger partial charge in [-0.25, -0.2) is 0 Å². The van der Waals surface area contributed by atoms with Gasteiger partial charge in [-0.2, -0.15) is 0 Å². The monoisotopic (exact) mass is 198 g/mol. The Morgan fingerprint density at radius 1 is 1.00 bits per heavy atom. The largest absolute Gasteiger partial charge is 0.0654 e. The third kappa shape index (κ3) is 3.00. The lowest BCUT2D eigenvalue weighted by molar-refractivity contribution is 0.0328. The SMILES string of the molecule is CCCCC(C)C(C)(CC)C(C)(C)C. The molecule has 0 fully saturated rings. The molecular formula is C14H30. The number of unbranched alkanes of at least 4 members (excludes halogenated alkanes) is 1. The highest BCUT2D eigenvalue weighted by Gasteiger charge is 2.39. The highest BCUT2D eigenvalue weighted by Crippen LogP contribution is 2.48. The number of rotatable bonds is 5. The predicted octanol–water partition coefficient (Wildman–Crippen LogP) is 5.28. The Kier molecular flexibility index (Phi) is 5.19. The fourth-order valence-electron chi connectivity index (χ4n) is 2.45. The highest BCUT2D eigenvalue weighted by atomic mass is 14.4. The van der Waals surface area contributed by atoms with Crippen LogP contribution in [0, 0.1) is 16.7 Å². The Labute approximate surface area is 91.5 Å². The second-order valence-electron chi connectivity index (χ2n) is 6.06. The van der Waals surface area contributed by atoms with Crippen LogP contribution in [0.5, 0.6) is 0 Å². The molecule has 0 heteroatoms. The van der Waals surface area contributed by atoms with E-state index in [2.05, 4.69) is 48.5 Å². The smallest absolute Gasteiger partial charge is 0.0254 e. The van der Waals surface area contributed by atoms with Crippen LogP contribution < -0.4 is 0 Å². The van der Waals surface area contributed by atoms with E-state index in [9.17, 15) is 0 Å². The van der Waals surface area contributed by atoms with Crippen molar-refractivity contribution in [3.63, 3.8) is 0 Å². The molecule has 0 aliphatic rings. The zero-order valence-electron chi connectivity index (χ0n) is 11.4. The molecule has 0 heterocycles. The minimum atomic E-state index is 0.426. The van der Waals surface area contributed by atoms with Crippen LogP contribution in [-0.2, 0) is 0 Å². The van der Waals surface area contributed by atoms with E-state index in [0.29, 0.717) is 10.8 Å². The lowest BCUT2D eigenvalue weighted by Crippen LogP contribution is -2.38. The molecule has 0 aliphatic carbocycles. The van der Waals surface area contributed by atoms with Gasteiger partial charge in [0.05, 0.1) is 0 Å². The molecule has 86 valence electrons. The zero-order valence-corrected chi connectivity index (χ0v) is 11.4. The van der Waals surface area contributed by atoms with Gasteiger partial charge >= 0.3 is 0 Å². The van der Waals surface area contributed by atoms with Gasteiger partial charge in [0.2, 0.25) is 0 Å². The molecule has 0 saturated heterocycles. The van der Waals surface area contributed by atoms with E-state index in [0.717, 1.165) is 5.92 Å². The predicted molar refractivity (Wildman–Crippen MR) is 66.5 cm³/mol. The Morgan fingerprint density at radius 2 is 1.50 bits per heavy atom. The maximum absolute atomic E-state index is 2.47. The zero-order chi connectivity index (χ0) is 11.4. The molecule has 0 nitrogen and oxygen atoms in total. The van der Waals surface area contributed by atoms with Crippen molar-refractivity contribution in [2.24, 2.45) is 16.7 Å². The summed E-state index contributed by atoms with van der Waals surface area (Å²) in [4.78, 5) is 0. The fraction of sp³-hybridized carbons (Fsp3) is 1.00. The molecule has 0 aliphatic heterocycles. The summed E-state index contributed by atoms with van der Waals surface area (Å²) in [5.74, 6) is 0.840. The Balaban J connectivity index is 4.51. The normalized spacial score (nSPS) is 19.1. The summed E-state index contributed by atoms with van der Waals surface area (Å²) in [5, 5.41) is 0. The van der Waals surface area contributed by atoms with Gasteiger partial charge in [0.25, 0.3) is 0 Å². The standard InChI is InChI=1S/C14H30/c1-8-10-11-12(3)14(7,9-2)13(4,5)6/h12H,8-11H2,1-7H3. The Bertz CT molecular complexity index is 152. The van der Waals surface area contributed by atoms with Crippen LogP contribution in [-0.4, -0.2) is 0 Å². The van der Waals surface area contributed by atoms with Crippen molar-refractivity contribution in [1.82, 2.24) is 0 Å². The number of hydrogen-bond donors (Lipinski definition) is 0. The van der Waals surface area contributed by atoms with Gasteiger partial charge in [-0.05, 0) is 23.2 Å². The summed E-state index contributed by atoms with van der Waals surface area (Å²) in [6.07, 6.45) is 5.39. The average Bonchev–Trinajstić information content (AvgIpc) is 2.10. The third-order valence-corrected chi connectivity index (χ3v) is 4.53. The van der Waals surface area contributed by atoms with Crippen LogP contribution in [0.4, 0.5) is 0 Å². The molecule has 0 aromatic heterocycles. The van der Waals surface area contributed by atoms with E-state index in [1.54, 1.807) is 0 Å². The quantitative estimate of drug-likeness (QED) is 0.564. The van der Waals surface area contributed by atoms with Gasteiger partial charge in [-0.1, -0.05) is 67.7 Å². The highest BCUT2D eigenvalue weighted by molar-refractivity contribution is 4.89. The topological polar surface area (TPSA) is 0 Å². The van der Waals surface area contributed by atoms with Gasteiger partial charge in [-0.15, -0.1) is 0 Å². The van der Waals surface area contributed by atoms with Crippen molar-refractivity contribution < 1.29 is 0 Å². The van der Waals surface area contributed by atoms with Crippen LogP contribution in [0.15, 0.2) is 0 Å². The van der Waals surface area contributed by atoms with Crippen LogP contribution in [0.3, 0.4) is 0 Å². The second-order valence-corrected chi connectivity index (χ2v) is 6.06. The first kappa shape index (κ1) is 14.0. The maximum Gasteiger partial charge on any atom is -0.0254 e. The van der Waals surface area contributed by atoms with Gasteiger partial charge in [-0.3, -0.25) is 0 Å². The van der Waals surface area contributed by atoms with Crippen molar-refractivity contribution in [3.8, 4) is 0 Å². The maximum atomic E-state index is 2.47. The molecule has 0 amide bonds. The molecule has 0 aromatic carbocycles. The molecule has 0 radical (unpaired) electrons. The molecule has 0 saturated carbocycles. The van der Waals surface area contributed by atoms with E-state index in [-0.39, 0.29) is 0 Å². The van der Waals surface area contributed by atoms with Crippen LogP contribution in [0.2, 0.25) is 0 Å². The molecule has 0 bridgehead atoms. The summed E-state index contributed by atoms with van der Waals surface area (Å²) in [6.45, 7) is 16.7. The lowest BCUT2D eigenvalue weighted by Gasteiger charge is -2.46. The molecule has 0 rings (SSSR count). The first-order chi connectivity index (χ1) is 6.29. The van der Waals surface area contributed by atoms with Crippen molar-refractivity contribution in [1.29, 1.82) is 0 Å². The second kappa shape index (κ2) is 5.19. The van der Waals surface area contributed by atoms with Gasteiger partial charge in [0.15, 0.2) is 0 Å². The summed E-state index contributed by atoms with van der Waals surface area (Å²) in [5.41, 5.74) is 0.914. The lowest BCUT2D eigenvalue weighted by atomic mass is 9.59. The Hall–Kier alpha value is 0. The van der Waals surface area contributed by atoms with Crippen molar-refractivity contribution >= 4 is 0 Å². The minimum Gasteiger partial charge on any atom is -0.0654 e. The van der Waals surface area contributed by atoms with E-state index in [1.807, 2.05) is 0 Å². The molecule has 0 spiro atoms. The average molecular weight is 198 g/mol. The molecule has 2 atom stereocenters. The van der Waals surface area contributed by atoms with Crippen LogP contribution in [0.1, 0.15) is 74.1 Å². The van der Waals surface area contributed by atoms with E-state index < -0.39 is 0 Å². The van der Waals surface area contributed by atoms with Gasteiger partial charge < -0.3 is 0 Å². The molecule has 2 unspecified atom stereocenters. The fourth-order valence-corrected chi connectivity index (χ4v) is 2.45. The van der Waals surface area contributed by atoms with Crippen LogP contribution >= 0.6 is 0 Å². The van der Waals surface area contributed by atoms with Crippen molar-refractivity contribution in [3.05, 3.63) is 0 Å². The third-order valence-electron chi connectivity index (χ3n) is 4.53. The molecule has 14 heavy (non-hydrogen) atoms. The van der Waals surface area contributed by atoms with E-state index in [4.69, 9.17) is 0 Å². The van der Waals surface area contributed by atoms with Gasteiger partial charge in [0.1, 0.15) is 0 Å². The van der Waals surface area contributed by atoms with E-state index in [1.165, 1.54) is 25.7 Å². The molecule has 0 N–H and O–H groups in total. The Morgan fingerprint density at radius 3 is 1.79 bits per heavy atom. The minimum absolute atomic E-state index is 0.426. The van der Waals surface area contributed by atoms with E-state index >= 15 is 0 Å². The molecule has 0 aromatic rings. The van der Waals surface area contributed by atoms with Crippen LogP contribution in [0.25, 0.3) is 0 Å². The first-order valence-corrected chi connectivity index (χ1v) is 6.29. The summed E-state index contributed by atoms with van der Waals surface area (Å²) < 4.78 is 0. The summed E-state index contributed by atoms with van der Waals surface area (Å²) in [6, 6.07) is 0. The van der Waals surface area contributed by atoms with Crippen molar-refractivity contribution in [2.75, 3.05) is 0 Å². The molecular weight excluding hydrogens is 168 g/mol. The van der Waals surface area contributed by atoms with Crippen molar-refractivity contribution in [2.45, 2.75) is 74.1 Å². The van der Waals surface area contributed by atoms with Gasteiger partial charge in [0, 0.05) is 0 Å². The first-order valence-electron chi connectivity index (χ1n) is 6.29. The number of hydrogen-bond acceptors (Lipinski definition) is 0.